The van der Waals surface area contributed by atoms with Crippen molar-refractivity contribution in [1.82, 2.24) is 30.4 Å². The van der Waals surface area contributed by atoms with Crippen molar-refractivity contribution in [3.8, 4) is 11.6 Å². The first kappa shape index (κ1) is 24.4. The number of oxime groups is 1. The van der Waals surface area contributed by atoms with E-state index in [1.54, 1.807) is 13.8 Å². The quantitative estimate of drug-likeness (QED) is 0.146. The number of nitrogens with zero attached hydrogens (tertiary/aromatic N) is 5. The molecule has 4 aromatic rings. The standard InChI is InChI=1S/C22H19F3N8O3/c1-4-35-32-12(3)29-19-9-17(26-10-27-19)21(34)28-11(2)15-8-18(36-33-15)20-30-14-6-5-13(22(23,24)25)7-16(14)31-20/h4-11H,1H2,2-3H3,(H,28,34)(H,30,31)(H,26,27,29,32)/t11-/m1/s1. The number of anilines is 1. The molecular weight excluding hydrogens is 481 g/mol. The molecule has 0 saturated carbocycles. The predicted octanol–water partition coefficient (Wildman–Crippen LogP) is 4.42. The summed E-state index contributed by atoms with van der Waals surface area (Å²) in [6.07, 6.45) is -2.11. The molecule has 0 spiro atoms. The van der Waals surface area contributed by atoms with Gasteiger partial charge in [0.1, 0.15) is 35.6 Å². The van der Waals surface area contributed by atoms with Crippen LogP contribution < -0.4 is 10.6 Å². The van der Waals surface area contributed by atoms with Crippen LogP contribution in [0, 0.1) is 0 Å². The predicted molar refractivity (Wildman–Crippen MR) is 123 cm³/mol. The number of amides is 1. The number of rotatable bonds is 7. The van der Waals surface area contributed by atoms with Gasteiger partial charge in [-0.2, -0.15) is 13.2 Å². The van der Waals surface area contributed by atoms with Gasteiger partial charge in [0.05, 0.1) is 22.6 Å². The van der Waals surface area contributed by atoms with Gasteiger partial charge in [0.2, 0.25) is 5.76 Å². The number of carbonyl (C=O) groups is 1. The lowest BCUT2D eigenvalue weighted by molar-refractivity contribution is -0.137. The smallest absolute Gasteiger partial charge is 0.364 e. The van der Waals surface area contributed by atoms with Gasteiger partial charge < -0.3 is 25.0 Å². The Labute approximate surface area is 201 Å². The van der Waals surface area contributed by atoms with Gasteiger partial charge in [-0.15, -0.1) is 0 Å². The van der Waals surface area contributed by atoms with Crippen molar-refractivity contribution < 1.29 is 27.3 Å². The number of nitrogens with one attached hydrogen (secondary N) is 3. The van der Waals surface area contributed by atoms with Gasteiger partial charge in [-0.1, -0.05) is 16.9 Å². The van der Waals surface area contributed by atoms with E-state index in [0.717, 1.165) is 18.4 Å². The van der Waals surface area contributed by atoms with Crippen LogP contribution in [0.1, 0.15) is 41.6 Å². The molecule has 0 aliphatic heterocycles. The Morgan fingerprint density at radius 2 is 2.08 bits per heavy atom. The molecule has 11 nitrogen and oxygen atoms in total. The van der Waals surface area contributed by atoms with Crippen LogP contribution in [-0.2, 0) is 11.0 Å². The summed E-state index contributed by atoms with van der Waals surface area (Å²) in [4.78, 5) is 32.4. The largest absolute Gasteiger partial charge is 0.416 e. The van der Waals surface area contributed by atoms with Crippen LogP contribution in [0.2, 0.25) is 0 Å². The maximum Gasteiger partial charge on any atom is 0.416 e. The Balaban J connectivity index is 1.46. The molecule has 1 amide bonds. The number of benzene rings is 1. The van der Waals surface area contributed by atoms with Crippen molar-refractivity contribution in [3.05, 3.63) is 66.5 Å². The number of hydrogen-bond acceptors (Lipinski definition) is 8. The van der Waals surface area contributed by atoms with Crippen molar-refractivity contribution in [3.63, 3.8) is 0 Å². The van der Waals surface area contributed by atoms with Crippen LogP contribution in [-0.4, -0.2) is 36.8 Å². The second-order valence-corrected chi connectivity index (χ2v) is 7.49. The topological polar surface area (TPSA) is 143 Å². The molecule has 14 heteroatoms. The number of aromatic amines is 1. The number of fused-ring (bicyclic) bond motifs is 1. The van der Waals surface area contributed by atoms with Crippen LogP contribution in [0.4, 0.5) is 19.0 Å². The highest BCUT2D eigenvalue weighted by Crippen LogP contribution is 2.32. The summed E-state index contributed by atoms with van der Waals surface area (Å²) in [6, 6.07) is 5.55. The number of halogens is 3. The molecule has 4 rings (SSSR count). The van der Waals surface area contributed by atoms with Gasteiger partial charge >= 0.3 is 6.18 Å². The summed E-state index contributed by atoms with van der Waals surface area (Å²) >= 11 is 0. The molecular formula is C22H19F3N8O3. The van der Waals surface area contributed by atoms with E-state index >= 15 is 0 Å². The molecule has 3 N–H and O–H groups in total. The number of carbonyl (C=O) groups excluding carboxylic acids is 1. The maximum absolute atomic E-state index is 13.0. The SMILES string of the molecule is C=CO/N=C(\C)Nc1cc(C(=O)N[C@H](C)c2cc(-c3nc4ccc(C(F)(F)F)cc4[nH]3)on2)ncn1. The first-order valence-corrected chi connectivity index (χ1v) is 10.4. The summed E-state index contributed by atoms with van der Waals surface area (Å²) in [5.41, 5.74) is 0.186. The summed E-state index contributed by atoms with van der Waals surface area (Å²) < 4.78 is 44.2. The molecule has 0 aliphatic carbocycles. The first-order valence-electron chi connectivity index (χ1n) is 10.4. The Morgan fingerprint density at radius 3 is 2.83 bits per heavy atom. The summed E-state index contributed by atoms with van der Waals surface area (Å²) in [5, 5.41) is 13.2. The Bertz CT molecular complexity index is 1440. The van der Waals surface area contributed by atoms with Gasteiger partial charge in [-0.25, -0.2) is 15.0 Å². The summed E-state index contributed by atoms with van der Waals surface area (Å²) in [5.74, 6) is 0.590. The van der Waals surface area contributed by atoms with Crippen LogP contribution in [0.25, 0.3) is 22.6 Å². The van der Waals surface area contributed by atoms with E-state index in [4.69, 9.17) is 9.36 Å². The monoisotopic (exact) mass is 500 g/mol. The minimum Gasteiger partial charge on any atom is -0.364 e. The lowest BCUT2D eigenvalue weighted by atomic mass is 10.2. The zero-order valence-corrected chi connectivity index (χ0v) is 18.9. The third kappa shape index (κ3) is 5.48. The number of aromatic nitrogens is 5. The fourth-order valence-corrected chi connectivity index (χ4v) is 3.13. The summed E-state index contributed by atoms with van der Waals surface area (Å²) in [6.45, 7) is 6.69. The van der Waals surface area contributed by atoms with Crippen LogP contribution >= 0.6 is 0 Å². The minimum atomic E-state index is -4.47. The minimum absolute atomic E-state index is 0.0817. The van der Waals surface area contributed by atoms with Gasteiger partial charge in [0.25, 0.3) is 5.91 Å². The highest BCUT2D eigenvalue weighted by atomic mass is 19.4. The van der Waals surface area contributed by atoms with E-state index < -0.39 is 23.7 Å². The number of hydrogen-bond donors (Lipinski definition) is 3. The molecule has 3 aromatic heterocycles. The number of alkyl halides is 3. The highest BCUT2D eigenvalue weighted by molar-refractivity contribution is 5.96. The van der Waals surface area contributed by atoms with E-state index in [2.05, 4.69) is 47.5 Å². The van der Waals surface area contributed by atoms with E-state index in [0.29, 0.717) is 22.9 Å². The molecule has 0 saturated heterocycles. The van der Waals surface area contributed by atoms with E-state index in [-0.39, 0.29) is 22.8 Å². The second-order valence-electron chi connectivity index (χ2n) is 7.49. The third-order valence-electron chi connectivity index (χ3n) is 4.84. The fourth-order valence-electron chi connectivity index (χ4n) is 3.13. The van der Waals surface area contributed by atoms with E-state index in [1.165, 1.54) is 24.5 Å². The molecule has 0 bridgehead atoms. The number of amidine groups is 1. The molecule has 0 radical (unpaired) electrons. The van der Waals surface area contributed by atoms with E-state index in [9.17, 15) is 18.0 Å². The second kappa shape index (κ2) is 9.85. The van der Waals surface area contributed by atoms with E-state index in [1.807, 2.05) is 0 Å². The lowest BCUT2D eigenvalue weighted by Gasteiger charge is -2.11. The highest BCUT2D eigenvalue weighted by Gasteiger charge is 2.31. The Kier molecular flexibility index (Phi) is 6.67. The summed E-state index contributed by atoms with van der Waals surface area (Å²) in [7, 11) is 0. The zero-order valence-electron chi connectivity index (χ0n) is 18.9. The Hall–Kier alpha value is -4.75. The van der Waals surface area contributed by atoms with Crippen molar-refractivity contribution in [2.75, 3.05) is 5.32 Å². The van der Waals surface area contributed by atoms with Gasteiger partial charge in [-0.05, 0) is 32.0 Å². The number of imidazole rings is 1. The molecule has 1 aromatic carbocycles. The molecule has 0 aliphatic rings. The lowest BCUT2D eigenvalue weighted by Crippen LogP contribution is -2.27. The van der Waals surface area contributed by atoms with Crippen molar-refractivity contribution in [2.24, 2.45) is 5.16 Å². The van der Waals surface area contributed by atoms with Crippen LogP contribution in [0.3, 0.4) is 0 Å². The van der Waals surface area contributed by atoms with Crippen LogP contribution in [0.5, 0.6) is 0 Å². The average molecular weight is 500 g/mol. The zero-order chi connectivity index (χ0) is 25.9. The van der Waals surface area contributed by atoms with Gasteiger partial charge in [0.15, 0.2) is 5.82 Å². The third-order valence-corrected chi connectivity index (χ3v) is 4.84. The molecule has 1 atom stereocenters. The fraction of sp³-hybridized carbons (Fsp3) is 0.182. The van der Waals surface area contributed by atoms with Gasteiger partial charge in [0, 0.05) is 12.1 Å². The normalized spacial score (nSPS) is 12.9. The number of H-pyrrole nitrogens is 1. The molecule has 36 heavy (non-hydrogen) atoms. The van der Waals surface area contributed by atoms with Gasteiger partial charge in [-0.3, -0.25) is 4.79 Å². The van der Waals surface area contributed by atoms with Crippen molar-refractivity contribution in [2.45, 2.75) is 26.1 Å². The molecule has 0 fully saturated rings. The molecule has 186 valence electrons. The molecule has 3 heterocycles. The average Bonchev–Trinajstić information content (AvgIpc) is 3.49. The first-order chi connectivity index (χ1) is 17.1. The molecule has 0 unspecified atom stereocenters. The van der Waals surface area contributed by atoms with Crippen molar-refractivity contribution in [1.29, 1.82) is 0 Å². The maximum atomic E-state index is 13.0. The Morgan fingerprint density at radius 1 is 1.28 bits per heavy atom. The van der Waals surface area contributed by atoms with Crippen molar-refractivity contribution >= 4 is 28.6 Å². The van der Waals surface area contributed by atoms with Crippen LogP contribution in [0.15, 0.2) is 59.2 Å².